The van der Waals surface area contributed by atoms with Gasteiger partial charge in [0.25, 0.3) is 0 Å². The summed E-state index contributed by atoms with van der Waals surface area (Å²) in [5, 5.41) is 4.80. The van der Waals surface area contributed by atoms with E-state index in [0.717, 1.165) is 22.4 Å². The molecule has 0 heterocycles. The standard InChI is InChI=1S/C28H30O2/c1-18(2)23-13-24-12-20(10-11-25(24)27(16-23)29-5)17-30-28-15-22-9-7-6-8-21(22)14-26(28)19(3)4/h6-16,18-19H,17H2,1-5H3. The monoisotopic (exact) mass is 398 g/mol. The third-order valence-corrected chi connectivity index (χ3v) is 5.78. The first kappa shape index (κ1) is 20.3. The molecule has 0 aliphatic heterocycles. The van der Waals surface area contributed by atoms with Crippen molar-refractivity contribution in [2.75, 3.05) is 7.11 Å². The first-order chi connectivity index (χ1) is 14.5. The second kappa shape index (κ2) is 8.39. The van der Waals surface area contributed by atoms with E-state index < -0.39 is 0 Å². The minimum absolute atomic E-state index is 0.402. The van der Waals surface area contributed by atoms with Crippen LogP contribution in [0.1, 0.15) is 56.2 Å². The molecule has 30 heavy (non-hydrogen) atoms. The Morgan fingerprint density at radius 1 is 0.700 bits per heavy atom. The molecule has 0 aliphatic carbocycles. The summed E-state index contributed by atoms with van der Waals surface area (Å²) >= 11 is 0. The number of methoxy groups -OCH3 is 1. The van der Waals surface area contributed by atoms with Crippen molar-refractivity contribution >= 4 is 21.5 Å². The molecular weight excluding hydrogens is 368 g/mol. The average Bonchev–Trinajstić information content (AvgIpc) is 2.75. The molecule has 0 fully saturated rings. The third kappa shape index (κ3) is 4.00. The fraction of sp³-hybridized carbons (Fsp3) is 0.286. The number of fused-ring (bicyclic) bond motifs is 2. The Morgan fingerprint density at radius 3 is 2.10 bits per heavy atom. The van der Waals surface area contributed by atoms with Crippen molar-refractivity contribution in [3.63, 3.8) is 0 Å². The van der Waals surface area contributed by atoms with Gasteiger partial charge in [0.1, 0.15) is 18.1 Å². The Hall–Kier alpha value is -3.00. The molecule has 4 aromatic carbocycles. The smallest absolute Gasteiger partial charge is 0.126 e. The molecule has 0 radical (unpaired) electrons. The highest BCUT2D eigenvalue weighted by molar-refractivity contribution is 5.90. The van der Waals surface area contributed by atoms with Crippen LogP contribution >= 0.6 is 0 Å². The van der Waals surface area contributed by atoms with E-state index in [1.807, 2.05) is 0 Å². The first-order valence-corrected chi connectivity index (χ1v) is 10.7. The van der Waals surface area contributed by atoms with Gasteiger partial charge >= 0.3 is 0 Å². The molecule has 0 saturated carbocycles. The van der Waals surface area contributed by atoms with Crippen molar-refractivity contribution in [2.45, 2.75) is 46.1 Å². The normalized spacial score (nSPS) is 11.6. The summed E-state index contributed by atoms with van der Waals surface area (Å²) in [6, 6.07) is 23.8. The van der Waals surface area contributed by atoms with Crippen LogP contribution in [0.2, 0.25) is 0 Å². The maximum atomic E-state index is 6.34. The molecule has 0 aromatic heterocycles. The summed E-state index contributed by atoms with van der Waals surface area (Å²) < 4.78 is 12.0. The van der Waals surface area contributed by atoms with Crippen molar-refractivity contribution in [1.29, 1.82) is 0 Å². The van der Waals surface area contributed by atoms with Crippen molar-refractivity contribution in [2.24, 2.45) is 0 Å². The van der Waals surface area contributed by atoms with Gasteiger partial charge in [-0.25, -0.2) is 0 Å². The Morgan fingerprint density at radius 2 is 1.43 bits per heavy atom. The van der Waals surface area contributed by atoms with Gasteiger partial charge in [0, 0.05) is 5.39 Å². The third-order valence-electron chi connectivity index (χ3n) is 5.78. The summed E-state index contributed by atoms with van der Waals surface area (Å²) in [4.78, 5) is 0. The van der Waals surface area contributed by atoms with Gasteiger partial charge in [-0.2, -0.15) is 0 Å². The lowest BCUT2D eigenvalue weighted by atomic mass is 9.97. The van der Waals surface area contributed by atoms with Crippen molar-refractivity contribution in [3.8, 4) is 11.5 Å². The Labute approximate surface area is 179 Å². The molecular formula is C28H30O2. The molecule has 0 aliphatic rings. The lowest BCUT2D eigenvalue weighted by molar-refractivity contribution is 0.302. The first-order valence-electron chi connectivity index (χ1n) is 10.7. The zero-order chi connectivity index (χ0) is 21.3. The highest BCUT2D eigenvalue weighted by atomic mass is 16.5. The molecule has 0 amide bonds. The SMILES string of the molecule is COc1cc(C(C)C)cc2cc(COc3cc4ccccc4cc3C(C)C)ccc12. The van der Waals surface area contributed by atoms with E-state index >= 15 is 0 Å². The van der Waals surface area contributed by atoms with Gasteiger partial charge in [0.15, 0.2) is 0 Å². The van der Waals surface area contributed by atoms with Crippen LogP contribution in [0, 0.1) is 0 Å². The quantitative estimate of drug-likeness (QED) is 0.329. The minimum atomic E-state index is 0.402. The zero-order valence-electron chi connectivity index (χ0n) is 18.5. The van der Waals surface area contributed by atoms with Crippen LogP contribution in [0.3, 0.4) is 0 Å². The number of ether oxygens (including phenoxy) is 2. The largest absolute Gasteiger partial charge is 0.496 e. The molecule has 154 valence electrons. The lowest BCUT2D eigenvalue weighted by Gasteiger charge is -2.16. The van der Waals surface area contributed by atoms with E-state index in [-0.39, 0.29) is 0 Å². The van der Waals surface area contributed by atoms with Crippen molar-refractivity contribution in [1.82, 2.24) is 0 Å². The van der Waals surface area contributed by atoms with Gasteiger partial charge in [-0.15, -0.1) is 0 Å². The predicted octanol–water partition coefficient (Wildman–Crippen LogP) is 7.83. The topological polar surface area (TPSA) is 18.5 Å². The molecule has 0 saturated heterocycles. The minimum Gasteiger partial charge on any atom is -0.496 e. The number of hydrogen-bond donors (Lipinski definition) is 0. The summed E-state index contributed by atoms with van der Waals surface area (Å²) in [7, 11) is 1.74. The van der Waals surface area contributed by atoms with Crippen molar-refractivity contribution in [3.05, 3.63) is 83.4 Å². The fourth-order valence-electron chi connectivity index (χ4n) is 3.97. The highest BCUT2D eigenvalue weighted by Crippen LogP contribution is 2.34. The van der Waals surface area contributed by atoms with Crippen LogP contribution < -0.4 is 9.47 Å². The zero-order valence-corrected chi connectivity index (χ0v) is 18.5. The van der Waals surface area contributed by atoms with Gasteiger partial charge in [-0.3, -0.25) is 0 Å². The predicted molar refractivity (Wildman–Crippen MR) is 127 cm³/mol. The molecule has 4 rings (SSSR count). The molecule has 0 N–H and O–H groups in total. The maximum absolute atomic E-state index is 6.34. The van der Waals surface area contributed by atoms with Gasteiger partial charge < -0.3 is 9.47 Å². The second-order valence-corrected chi connectivity index (χ2v) is 8.61. The summed E-state index contributed by atoms with van der Waals surface area (Å²) in [5.74, 6) is 2.76. The molecule has 2 heteroatoms. The number of benzene rings is 4. The Bertz CT molecular complexity index is 1190. The molecule has 4 aromatic rings. The van der Waals surface area contributed by atoms with E-state index in [1.165, 1.54) is 27.3 Å². The van der Waals surface area contributed by atoms with Gasteiger partial charge in [-0.05, 0) is 69.0 Å². The Balaban J connectivity index is 1.67. The molecule has 0 bridgehead atoms. The fourth-order valence-corrected chi connectivity index (χ4v) is 3.97. The molecule has 0 atom stereocenters. The maximum Gasteiger partial charge on any atom is 0.126 e. The van der Waals surface area contributed by atoms with Crippen LogP contribution in [-0.4, -0.2) is 7.11 Å². The van der Waals surface area contributed by atoms with Crippen LogP contribution in [0.15, 0.2) is 66.7 Å². The highest BCUT2D eigenvalue weighted by Gasteiger charge is 2.12. The van der Waals surface area contributed by atoms with E-state index in [2.05, 4.69) is 94.4 Å². The molecule has 0 spiro atoms. The van der Waals surface area contributed by atoms with Gasteiger partial charge in [0.05, 0.1) is 7.11 Å². The summed E-state index contributed by atoms with van der Waals surface area (Å²) in [6.07, 6.45) is 0. The van der Waals surface area contributed by atoms with Crippen LogP contribution in [0.4, 0.5) is 0 Å². The van der Waals surface area contributed by atoms with Gasteiger partial charge in [0.2, 0.25) is 0 Å². The number of rotatable bonds is 6. The van der Waals surface area contributed by atoms with E-state index in [9.17, 15) is 0 Å². The Kier molecular flexibility index (Phi) is 5.67. The van der Waals surface area contributed by atoms with Crippen LogP contribution in [-0.2, 0) is 6.61 Å². The summed E-state index contributed by atoms with van der Waals surface area (Å²) in [6.45, 7) is 9.39. The lowest BCUT2D eigenvalue weighted by Crippen LogP contribution is -2.00. The van der Waals surface area contributed by atoms with E-state index in [4.69, 9.17) is 9.47 Å². The second-order valence-electron chi connectivity index (χ2n) is 8.61. The average molecular weight is 399 g/mol. The van der Waals surface area contributed by atoms with Gasteiger partial charge in [-0.1, -0.05) is 70.2 Å². The molecule has 2 nitrogen and oxygen atoms in total. The van der Waals surface area contributed by atoms with Crippen LogP contribution in [0.25, 0.3) is 21.5 Å². The van der Waals surface area contributed by atoms with E-state index in [1.54, 1.807) is 7.11 Å². The van der Waals surface area contributed by atoms with Crippen LogP contribution in [0.5, 0.6) is 11.5 Å². The van der Waals surface area contributed by atoms with E-state index in [0.29, 0.717) is 18.4 Å². The summed E-state index contributed by atoms with van der Waals surface area (Å²) in [5.41, 5.74) is 3.70. The molecule has 0 unspecified atom stereocenters. The van der Waals surface area contributed by atoms with Crippen molar-refractivity contribution < 1.29 is 9.47 Å². The number of hydrogen-bond acceptors (Lipinski definition) is 2.